The molecule has 0 radical (unpaired) electrons. The topological polar surface area (TPSA) is 56.6 Å². The van der Waals surface area contributed by atoms with Gasteiger partial charge in [-0.2, -0.15) is 0 Å². The molecule has 0 N–H and O–H groups in total. The largest absolute Gasteiger partial charge is 0.454 e. The number of amides is 1. The molecule has 0 bridgehead atoms. The zero-order chi connectivity index (χ0) is 18.8. The Morgan fingerprint density at radius 2 is 1.96 bits per heavy atom. The minimum atomic E-state index is -0.0325. The van der Waals surface area contributed by atoms with Crippen LogP contribution in [-0.2, 0) is 6.54 Å². The highest BCUT2D eigenvalue weighted by Crippen LogP contribution is 2.32. The van der Waals surface area contributed by atoms with E-state index in [9.17, 15) is 4.79 Å². The van der Waals surface area contributed by atoms with Crippen molar-refractivity contribution in [1.82, 2.24) is 14.5 Å². The Kier molecular flexibility index (Phi) is 4.77. The van der Waals surface area contributed by atoms with Gasteiger partial charge in [-0.15, -0.1) is 0 Å². The Morgan fingerprint density at radius 1 is 1.19 bits per heavy atom. The van der Waals surface area contributed by atoms with Crippen molar-refractivity contribution in [2.45, 2.75) is 11.7 Å². The number of fused-ring (bicyclic) bond motifs is 1. The summed E-state index contributed by atoms with van der Waals surface area (Å²) in [6.07, 6.45) is 5.67. The van der Waals surface area contributed by atoms with Gasteiger partial charge in [0, 0.05) is 37.2 Å². The second kappa shape index (κ2) is 7.36. The molecule has 0 fully saturated rings. The van der Waals surface area contributed by atoms with E-state index < -0.39 is 0 Å². The molecule has 0 aliphatic carbocycles. The molecule has 0 unspecified atom stereocenters. The number of thioether (sulfide) groups is 1. The van der Waals surface area contributed by atoms with Crippen LogP contribution in [0.3, 0.4) is 0 Å². The second-order valence-electron chi connectivity index (χ2n) is 6.18. The first-order valence-electron chi connectivity index (χ1n) is 8.47. The molecule has 6 nitrogen and oxygen atoms in total. The highest BCUT2D eigenvalue weighted by Gasteiger charge is 2.16. The zero-order valence-electron chi connectivity index (χ0n) is 15.1. The summed E-state index contributed by atoms with van der Waals surface area (Å²) in [4.78, 5) is 18.7. The van der Waals surface area contributed by atoms with Gasteiger partial charge in [0.15, 0.2) is 16.7 Å². The highest BCUT2D eigenvalue weighted by molar-refractivity contribution is 7.98. The van der Waals surface area contributed by atoms with Gasteiger partial charge >= 0.3 is 0 Å². The number of benzene rings is 2. The lowest BCUT2D eigenvalue weighted by molar-refractivity contribution is 0.0785. The summed E-state index contributed by atoms with van der Waals surface area (Å²) in [7, 11) is 1.79. The van der Waals surface area contributed by atoms with Gasteiger partial charge in [0.05, 0.1) is 0 Å². The number of hydrogen-bond donors (Lipinski definition) is 0. The van der Waals surface area contributed by atoms with Gasteiger partial charge in [-0.1, -0.05) is 17.8 Å². The van der Waals surface area contributed by atoms with Gasteiger partial charge < -0.3 is 14.4 Å². The van der Waals surface area contributed by atoms with Crippen LogP contribution in [0.25, 0.3) is 5.69 Å². The number of rotatable bonds is 5. The lowest BCUT2D eigenvalue weighted by atomic mass is 10.1. The molecule has 1 amide bonds. The molecule has 1 aromatic heterocycles. The predicted molar refractivity (Wildman–Crippen MR) is 104 cm³/mol. The summed E-state index contributed by atoms with van der Waals surface area (Å²) in [6, 6.07) is 13.3. The van der Waals surface area contributed by atoms with Crippen molar-refractivity contribution in [2.75, 3.05) is 20.1 Å². The van der Waals surface area contributed by atoms with Crippen molar-refractivity contribution < 1.29 is 14.3 Å². The number of carbonyl (C=O) groups is 1. The van der Waals surface area contributed by atoms with Gasteiger partial charge in [0.1, 0.15) is 0 Å². The fraction of sp³-hybridized carbons (Fsp3) is 0.200. The van der Waals surface area contributed by atoms with Crippen LogP contribution in [-0.4, -0.2) is 40.5 Å². The molecule has 138 valence electrons. The first-order chi connectivity index (χ1) is 13.2. The summed E-state index contributed by atoms with van der Waals surface area (Å²) in [6.45, 7) is 0.741. The summed E-state index contributed by atoms with van der Waals surface area (Å²) < 4.78 is 12.7. The Morgan fingerprint density at radius 3 is 2.74 bits per heavy atom. The normalized spacial score (nSPS) is 12.2. The predicted octanol–water partition coefficient (Wildman–Crippen LogP) is 3.60. The molecule has 27 heavy (non-hydrogen) atoms. The molecule has 0 spiro atoms. The maximum atomic E-state index is 12.8. The van der Waals surface area contributed by atoms with Crippen LogP contribution in [0.1, 0.15) is 15.9 Å². The average Bonchev–Trinajstić information content (AvgIpc) is 3.36. The minimum Gasteiger partial charge on any atom is -0.454 e. The summed E-state index contributed by atoms with van der Waals surface area (Å²) >= 11 is 1.58. The standard InChI is InChI=1S/C20H19N3O3S/c1-22(12-14-3-8-17-18(11-14)26-13-25-17)19(24)15-4-6-16(7-5-15)23-10-9-21-20(23)27-2/h3-11H,12-13H2,1-2H3. The maximum Gasteiger partial charge on any atom is 0.253 e. The van der Waals surface area contributed by atoms with Crippen molar-refractivity contribution in [3.8, 4) is 17.2 Å². The minimum absolute atomic E-state index is 0.0325. The van der Waals surface area contributed by atoms with Gasteiger partial charge in [0.25, 0.3) is 5.91 Å². The molecule has 1 aliphatic rings. The molecule has 2 aromatic carbocycles. The molecule has 0 atom stereocenters. The number of carbonyl (C=O) groups excluding carboxylic acids is 1. The zero-order valence-corrected chi connectivity index (χ0v) is 15.9. The van der Waals surface area contributed by atoms with E-state index >= 15 is 0 Å². The van der Waals surface area contributed by atoms with Crippen LogP contribution in [0.2, 0.25) is 0 Å². The first-order valence-corrected chi connectivity index (χ1v) is 9.70. The third-order valence-corrected chi connectivity index (χ3v) is 5.05. The van der Waals surface area contributed by atoms with Gasteiger partial charge in [-0.3, -0.25) is 9.36 Å². The SMILES string of the molecule is CSc1nccn1-c1ccc(C(=O)N(C)Cc2ccc3c(c2)OCO3)cc1. The van der Waals surface area contributed by atoms with E-state index in [1.807, 2.05) is 59.5 Å². The average molecular weight is 381 g/mol. The molecule has 4 rings (SSSR count). The van der Waals surface area contributed by atoms with Gasteiger partial charge in [-0.05, 0) is 48.2 Å². The molecule has 2 heterocycles. The van der Waals surface area contributed by atoms with Crippen LogP contribution in [0.5, 0.6) is 11.5 Å². The fourth-order valence-electron chi connectivity index (χ4n) is 3.01. The van der Waals surface area contributed by atoms with E-state index in [1.54, 1.807) is 29.9 Å². The Labute approximate surface area is 161 Å². The first kappa shape index (κ1) is 17.5. The number of imidazole rings is 1. The Hall–Kier alpha value is -2.93. The van der Waals surface area contributed by atoms with E-state index in [0.29, 0.717) is 12.1 Å². The summed E-state index contributed by atoms with van der Waals surface area (Å²) in [5.74, 6) is 1.44. The van der Waals surface area contributed by atoms with Crippen molar-refractivity contribution in [1.29, 1.82) is 0 Å². The second-order valence-corrected chi connectivity index (χ2v) is 6.95. The summed E-state index contributed by atoms with van der Waals surface area (Å²) in [5.41, 5.74) is 2.62. The molecule has 7 heteroatoms. The van der Waals surface area contributed by atoms with Crippen LogP contribution < -0.4 is 9.47 Å². The number of hydrogen-bond acceptors (Lipinski definition) is 5. The maximum absolute atomic E-state index is 12.8. The Bertz CT molecular complexity index is 969. The van der Waals surface area contributed by atoms with Crippen LogP contribution in [0, 0.1) is 0 Å². The lowest BCUT2D eigenvalue weighted by Gasteiger charge is -2.18. The van der Waals surface area contributed by atoms with E-state index in [4.69, 9.17) is 9.47 Å². The van der Waals surface area contributed by atoms with E-state index in [-0.39, 0.29) is 12.7 Å². The molecular formula is C20H19N3O3S. The molecule has 0 saturated heterocycles. The van der Waals surface area contributed by atoms with E-state index in [0.717, 1.165) is 27.9 Å². The van der Waals surface area contributed by atoms with Crippen molar-refractivity contribution in [3.63, 3.8) is 0 Å². The number of aromatic nitrogens is 2. The van der Waals surface area contributed by atoms with Crippen LogP contribution in [0.4, 0.5) is 0 Å². The number of nitrogens with zero attached hydrogens (tertiary/aromatic N) is 3. The quantitative estimate of drug-likeness (QED) is 0.632. The van der Waals surface area contributed by atoms with Gasteiger partial charge in [0.2, 0.25) is 6.79 Å². The van der Waals surface area contributed by atoms with Crippen LogP contribution in [0.15, 0.2) is 60.0 Å². The number of ether oxygens (including phenoxy) is 2. The smallest absolute Gasteiger partial charge is 0.253 e. The van der Waals surface area contributed by atoms with Gasteiger partial charge in [-0.25, -0.2) is 4.98 Å². The summed E-state index contributed by atoms with van der Waals surface area (Å²) in [5, 5.41) is 0.911. The third kappa shape index (κ3) is 3.50. The fourth-order valence-corrected chi connectivity index (χ4v) is 3.54. The highest BCUT2D eigenvalue weighted by atomic mass is 32.2. The van der Waals surface area contributed by atoms with E-state index in [1.165, 1.54) is 0 Å². The monoisotopic (exact) mass is 381 g/mol. The lowest BCUT2D eigenvalue weighted by Crippen LogP contribution is -2.26. The van der Waals surface area contributed by atoms with Crippen molar-refractivity contribution in [2.24, 2.45) is 0 Å². The molecule has 0 saturated carbocycles. The molecule has 1 aliphatic heterocycles. The third-order valence-electron chi connectivity index (χ3n) is 4.39. The van der Waals surface area contributed by atoms with E-state index in [2.05, 4.69) is 4.98 Å². The van der Waals surface area contributed by atoms with Crippen molar-refractivity contribution in [3.05, 3.63) is 66.0 Å². The van der Waals surface area contributed by atoms with Crippen LogP contribution >= 0.6 is 11.8 Å². The van der Waals surface area contributed by atoms with Crippen molar-refractivity contribution >= 4 is 17.7 Å². The molecular weight excluding hydrogens is 362 g/mol. The Balaban J connectivity index is 1.47. The molecule has 3 aromatic rings.